The topological polar surface area (TPSA) is 12.0 Å². The van der Waals surface area contributed by atoms with Crippen molar-refractivity contribution >= 4 is 0 Å². The van der Waals surface area contributed by atoms with Gasteiger partial charge in [-0.25, -0.2) is 0 Å². The fraction of sp³-hybridized carbons (Fsp3) is 0.238. The molecule has 1 heterocycles. The number of hydrogen-bond donors (Lipinski definition) is 1. The van der Waals surface area contributed by atoms with E-state index in [1.807, 2.05) is 0 Å². The molecule has 3 atom stereocenters. The van der Waals surface area contributed by atoms with Crippen molar-refractivity contribution in [3.63, 3.8) is 0 Å². The minimum Gasteiger partial charge on any atom is -0.381 e. The van der Waals surface area contributed by atoms with Gasteiger partial charge in [0.25, 0.3) is 0 Å². The largest absolute Gasteiger partial charge is 0.381 e. The standard InChI is InChI=1S/C21H21N/c1-3-9-16(10-4-1)19-15-21(17-11-5-2-6-12-17)22-20-14-8-7-13-18(19)20/h1-12,14,18-19,21-22H,13,15H2. The third-order valence-electron chi connectivity index (χ3n) is 4.95. The highest BCUT2D eigenvalue weighted by Crippen LogP contribution is 2.44. The Bertz CT molecular complexity index is 684. The molecule has 2 aromatic rings. The van der Waals surface area contributed by atoms with Gasteiger partial charge in [-0.2, -0.15) is 0 Å². The van der Waals surface area contributed by atoms with E-state index in [1.165, 1.54) is 16.8 Å². The molecule has 2 aliphatic rings. The zero-order valence-electron chi connectivity index (χ0n) is 12.7. The number of fused-ring (bicyclic) bond motifs is 1. The zero-order valence-corrected chi connectivity index (χ0v) is 12.7. The summed E-state index contributed by atoms with van der Waals surface area (Å²) in [6.45, 7) is 0. The van der Waals surface area contributed by atoms with Gasteiger partial charge in [0.15, 0.2) is 0 Å². The Labute approximate surface area is 132 Å². The molecule has 0 aromatic heterocycles. The van der Waals surface area contributed by atoms with Gasteiger partial charge in [0.2, 0.25) is 0 Å². The Kier molecular flexibility index (Phi) is 3.56. The van der Waals surface area contributed by atoms with Crippen LogP contribution >= 0.6 is 0 Å². The monoisotopic (exact) mass is 287 g/mol. The zero-order chi connectivity index (χ0) is 14.8. The molecule has 0 saturated carbocycles. The summed E-state index contributed by atoms with van der Waals surface area (Å²) in [4.78, 5) is 0. The summed E-state index contributed by atoms with van der Waals surface area (Å²) in [5.41, 5.74) is 4.25. The summed E-state index contributed by atoms with van der Waals surface area (Å²) in [6.07, 6.45) is 9.05. The molecule has 1 N–H and O–H groups in total. The van der Waals surface area contributed by atoms with Crippen molar-refractivity contribution in [3.8, 4) is 0 Å². The molecule has 1 heteroatoms. The summed E-state index contributed by atoms with van der Waals surface area (Å²) in [5.74, 6) is 1.18. The van der Waals surface area contributed by atoms with Gasteiger partial charge < -0.3 is 5.32 Å². The molecule has 2 aromatic carbocycles. The normalized spacial score (nSPS) is 26.7. The Morgan fingerprint density at radius 3 is 2.18 bits per heavy atom. The van der Waals surface area contributed by atoms with Gasteiger partial charge in [-0.3, -0.25) is 0 Å². The van der Waals surface area contributed by atoms with Crippen LogP contribution in [0, 0.1) is 5.92 Å². The van der Waals surface area contributed by atoms with E-state index < -0.39 is 0 Å². The Balaban J connectivity index is 1.70. The molecule has 0 radical (unpaired) electrons. The average Bonchev–Trinajstić information content (AvgIpc) is 2.62. The van der Waals surface area contributed by atoms with Crippen molar-refractivity contribution in [1.29, 1.82) is 0 Å². The van der Waals surface area contributed by atoms with E-state index in [4.69, 9.17) is 0 Å². The van der Waals surface area contributed by atoms with Crippen molar-refractivity contribution in [2.75, 3.05) is 0 Å². The van der Waals surface area contributed by atoms with Crippen molar-refractivity contribution in [2.24, 2.45) is 5.92 Å². The first-order chi connectivity index (χ1) is 10.9. The second kappa shape index (κ2) is 5.84. The molecule has 0 amide bonds. The lowest BCUT2D eigenvalue weighted by atomic mass is 9.73. The second-order valence-corrected chi connectivity index (χ2v) is 6.25. The van der Waals surface area contributed by atoms with Gasteiger partial charge in [0.05, 0.1) is 6.04 Å². The molecule has 1 fully saturated rings. The number of allylic oxidation sites excluding steroid dienone is 4. The first-order valence-electron chi connectivity index (χ1n) is 8.15. The van der Waals surface area contributed by atoms with Crippen LogP contribution in [0.15, 0.2) is 84.6 Å². The van der Waals surface area contributed by atoms with Crippen LogP contribution in [0.1, 0.15) is 35.9 Å². The van der Waals surface area contributed by atoms with Crippen molar-refractivity contribution in [1.82, 2.24) is 5.32 Å². The molecule has 0 bridgehead atoms. The van der Waals surface area contributed by atoms with Gasteiger partial charge in [-0.05, 0) is 36.0 Å². The predicted octanol–water partition coefficient (Wildman–Crippen LogP) is 4.96. The summed E-state index contributed by atoms with van der Waals surface area (Å²) in [6, 6.07) is 22.2. The number of benzene rings is 2. The first kappa shape index (κ1) is 13.4. The number of rotatable bonds is 2. The Morgan fingerprint density at radius 1 is 0.773 bits per heavy atom. The van der Waals surface area contributed by atoms with E-state index >= 15 is 0 Å². The molecule has 1 saturated heterocycles. The summed E-state index contributed by atoms with van der Waals surface area (Å²) in [7, 11) is 0. The van der Waals surface area contributed by atoms with Crippen LogP contribution in [0.2, 0.25) is 0 Å². The maximum Gasteiger partial charge on any atom is 0.0517 e. The van der Waals surface area contributed by atoms with E-state index in [2.05, 4.69) is 84.2 Å². The predicted molar refractivity (Wildman–Crippen MR) is 91.4 cm³/mol. The number of piperidine rings is 1. The molecule has 22 heavy (non-hydrogen) atoms. The molecule has 4 rings (SSSR count). The molecule has 110 valence electrons. The van der Waals surface area contributed by atoms with Crippen molar-refractivity contribution < 1.29 is 0 Å². The van der Waals surface area contributed by atoms with E-state index in [0.717, 1.165) is 12.8 Å². The maximum atomic E-state index is 3.78. The van der Waals surface area contributed by atoms with Gasteiger partial charge in [-0.15, -0.1) is 0 Å². The molecule has 1 aliphatic heterocycles. The molecule has 0 spiro atoms. The van der Waals surface area contributed by atoms with Gasteiger partial charge in [-0.1, -0.05) is 72.8 Å². The molecular weight excluding hydrogens is 266 g/mol. The lowest BCUT2D eigenvalue weighted by Crippen LogP contribution is -2.36. The minimum atomic E-state index is 0.403. The third kappa shape index (κ3) is 2.48. The van der Waals surface area contributed by atoms with Crippen LogP contribution in [0.3, 0.4) is 0 Å². The fourth-order valence-corrected chi connectivity index (χ4v) is 3.84. The fourth-order valence-electron chi connectivity index (χ4n) is 3.84. The lowest BCUT2D eigenvalue weighted by molar-refractivity contribution is 0.322. The SMILES string of the molecule is C1=CCC2C(=C1)NC(c1ccccc1)CC2c1ccccc1. The van der Waals surface area contributed by atoms with Crippen LogP contribution in [-0.2, 0) is 0 Å². The van der Waals surface area contributed by atoms with Crippen LogP contribution in [0.4, 0.5) is 0 Å². The highest BCUT2D eigenvalue weighted by atomic mass is 15.0. The average molecular weight is 287 g/mol. The van der Waals surface area contributed by atoms with E-state index in [9.17, 15) is 0 Å². The number of hydrogen-bond acceptors (Lipinski definition) is 1. The van der Waals surface area contributed by atoms with E-state index in [0.29, 0.717) is 17.9 Å². The van der Waals surface area contributed by atoms with Crippen LogP contribution < -0.4 is 5.32 Å². The van der Waals surface area contributed by atoms with E-state index in [1.54, 1.807) is 0 Å². The summed E-state index contributed by atoms with van der Waals surface area (Å²) in [5, 5.41) is 3.78. The lowest BCUT2D eigenvalue weighted by Gasteiger charge is -2.41. The quantitative estimate of drug-likeness (QED) is 0.822. The highest BCUT2D eigenvalue weighted by Gasteiger charge is 2.34. The second-order valence-electron chi connectivity index (χ2n) is 6.25. The molecule has 3 unspecified atom stereocenters. The van der Waals surface area contributed by atoms with Crippen LogP contribution in [-0.4, -0.2) is 0 Å². The van der Waals surface area contributed by atoms with Gasteiger partial charge in [0.1, 0.15) is 0 Å². The smallest absolute Gasteiger partial charge is 0.0517 e. The minimum absolute atomic E-state index is 0.403. The van der Waals surface area contributed by atoms with Crippen LogP contribution in [0.5, 0.6) is 0 Å². The Morgan fingerprint density at radius 2 is 1.45 bits per heavy atom. The van der Waals surface area contributed by atoms with Crippen molar-refractivity contribution in [2.45, 2.75) is 24.8 Å². The van der Waals surface area contributed by atoms with Gasteiger partial charge in [0, 0.05) is 11.6 Å². The van der Waals surface area contributed by atoms with E-state index in [-0.39, 0.29) is 0 Å². The summed E-state index contributed by atoms with van der Waals surface area (Å²) >= 11 is 0. The first-order valence-corrected chi connectivity index (χ1v) is 8.15. The molecule has 1 aliphatic carbocycles. The number of nitrogens with one attached hydrogen (secondary N) is 1. The molecule has 1 nitrogen and oxygen atoms in total. The van der Waals surface area contributed by atoms with Gasteiger partial charge >= 0.3 is 0 Å². The molecular formula is C21H21N. The third-order valence-corrected chi connectivity index (χ3v) is 4.95. The van der Waals surface area contributed by atoms with Crippen LogP contribution in [0.25, 0.3) is 0 Å². The summed E-state index contributed by atoms with van der Waals surface area (Å²) < 4.78 is 0. The highest BCUT2D eigenvalue weighted by molar-refractivity contribution is 5.33. The maximum absolute atomic E-state index is 3.78. The van der Waals surface area contributed by atoms with Crippen molar-refractivity contribution in [3.05, 3.63) is 95.7 Å². The Hall–Kier alpha value is -2.28.